The molecular formula is C10H11NO4. The zero-order valence-corrected chi connectivity index (χ0v) is 8.01. The molecule has 1 saturated carbocycles. The fourth-order valence-corrected chi connectivity index (χ4v) is 1.35. The van der Waals surface area contributed by atoms with Crippen molar-refractivity contribution in [1.82, 2.24) is 4.98 Å². The third-order valence-corrected chi connectivity index (χ3v) is 2.39. The lowest BCUT2D eigenvalue weighted by Gasteiger charge is -2.26. The van der Waals surface area contributed by atoms with E-state index in [9.17, 15) is 9.90 Å². The number of carbonyl (C=O) groups is 1. The summed E-state index contributed by atoms with van der Waals surface area (Å²) in [6, 6.07) is 1.29. The minimum Gasteiger partial charge on any atom is -0.506 e. The van der Waals surface area contributed by atoms with Crippen LogP contribution in [0.2, 0.25) is 0 Å². The molecule has 1 aromatic rings. The van der Waals surface area contributed by atoms with Gasteiger partial charge in [0.15, 0.2) is 11.4 Å². The minimum absolute atomic E-state index is 0.0618. The van der Waals surface area contributed by atoms with Crippen LogP contribution in [0.25, 0.3) is 0 Å². The maximum absolute atomic E-state index is 10.8. The monoisotopic (exact) mass is 209 g/mol. The Balaban J connectivity index is 2.24. The van der Waals surface area contributed by atoms with Gasteiger partial charge in [0.25, 0.3) is 0 Å². The second-order valence-electron chi connectivity index (χ2n) is 3.52. The molecule has 0 bridgehead atoms. The number of pyridine rings is 1. The van der Waals surface area contributed by atoms with E-state index in [0.29, 0.717) is 0 Å². The van der Waals surface area contributed by atoms with E-state index in [-0.39, 0.29) is 23.3 Å². The van der Waals surface area contributed by atoms with Crippen LogP contribution in [0.3, 0.4) is 0 Å². The summed E-state index contributed by atoms with van der Waals surface area (Å²) >= 11 is 0. The molecule has 0 amide bonds. The lowest BCUT2D eigenvalue weighted by atomic mass is 9.96. The van der Waals surface area contributed by atoms with Gasteiger partial charge in [-0.15, -0.1) is 0 Å². The molecule has 2 N–H and O–H groups in total. The van der Waals surface area contributed by atoms with Crippen molar-refractivity contribution in [2.45, 2.75) is 25.4 Å². The second kappa shape index (κ2) is 3.76. The fourth-order valence-electron chi connectivity index (χ4n) is 1.35. The quantitative estimate of drug-likeness (QED) is 0.786. The molecule has 2 rings (SSSR count). The summed E-state index contributed by atoms with van der Waals surface area (Å²) in [7, 11) is 0. The zero-order valence-electron chi connectivity index (χ0n) is 8.01. The number of aromatic nitrogens is 1. The van der Waals surface area contributed by atoms with Crippen molar-refractivity contribution in [2.75, 3.05) is 0 Å². The topological polar surface area (TPSA) is 79.7 Å². The van der Waals surface area contributed by atoms with Crippen molar-refractivity contribution in [3.63, 3.8) is 0 Å². The molecule has 5 nitrogen and oxygen atoms in total. The number of ether oxygens (including phenoxy) is 1. The van der Waals surface area contributed by atoms with Crippen molar-refractivity contribution >= 4 is 5.97 Å². The average Bonchev–Trinajstić information content (AvgIpc) is 2.11. The first-order valence-electron chi connectivity index (χ1n) is 4.76. The third kappa shape index (κ3) is 2.01. The van der Waals surface area contributed by atoms with E-state index < -0.39 is 5.97 Å². The Morgan fingerprint density at radius 1 is 1.53 bits per heavy atom. The highest BCUT2D eigenvalue weighted by atomic mass is 16.5. The van der Waals surface area contributed by atoms with Gasteiger partial charge in [-0.05, 0) is 19.3 Å². The molecule has 15 heavy (non-hydrogen) atoms. The van der Waals surface area contributed by atoms with E-state index in [1.807, 2.05) is 0 Å². The first-order valence-corrected chi connectivity index (χ1v) is 4.76. The van der Waals surface area contributed by atoms with E-state index in [0.717, 1.165) is 25.5 Å². The highest BCUT2D eigenvalue weighted by Crippen LogP contribution is 2.28. The number of hydrogen-bond acceptors (Lipinski definition) is 4. The first-order chi connectivity index (χ1) is 7.16. The smallest absolute Gasteiger partial charge is 0.358 e. The van der Waals surface area contributed by atoms with E-state index in [1.165, 1.54) is 6.07 Å². The van der Waals surface area contributed by atoms with Crippen LogP contribution in [-0.2, 0) is 0 Å². The van der Waals surface area contributed by atoms with Gasteiger partial charge < -0.3 is 14.9 Å². The number of carboxylic acid groups (broad SMARTS) is 1. The van der Waals surface area contributed by atoms with Crippen LogP contribution >= 0.6 is 0 Å². The molecule has 0 spiro atoms. The van der Waals surface area contributed by atoms with Crippen LogP contribution in [0, 0.1) is 0 Å². The number of nitrogens with zero attached hydrogens (tertiary/aromatic N) is 1. The van der Waals surface area contributed by atoms with Crippen molar-refractivity contribution in [2.24, 2.45) is 0 Å². The number of hydrogen-bond donors (Lipinski definition) is 2. The Morgan fingerprint density at radius 3 is 2.80 bits per heavy atom. The molecule has 0 atom stereocenters. The number of aromatic carboxylic acids is 1. The molecule has 0 aromatic carbocycles. The predicted molar refractivity (Wildman–Crippen MR) is 51.1 cm³/mol. The van der Waals surface area contributed by atoms with Gasteiger partial charge in [-0.25, -0.2) is 9.78 Å². The lowest BCUT2D eigenvalue weighted by Crippen LogP contribution is -2.25. The molecule has 1 fully saturated rings. The Bertz CT molecular complexity index is 387. The highest BCUT2D eigenvalue weighted by molar-refractivity contribution is 5.88. The molecule has 0 unspecified atom stereocenters. The number of rotatable bonds is 3. The van der Waals surface area contributed by atoms with Gasteiger partial charge in [-0.2, -0.15) is 0 Å². The van der Waals surface area contributed by atoms with Crippen LogP contribution in [0.4, 0.5) is 0 Å². The van der Waals surface area contributed by atoms with E-state index in [4.69, 9.17) is 9.84 Å². The lowest BCUT2D eigenvalue weighted by molar-refractivity contribution is 0.0671. The van der Waals surface area contributed by atoms with Crippen molar-refractivity contribution in [1.29, 1.82) is 0 Å². The zero-order chi connectivity index (χ0) is 10.8. The molecule has 5 heteroatoms. The summed E-state index contributed by atoms with van der Waals surface area (Å²) in [5.41, 5.74) is -0.153. The molecule has 0 radical (unpaired) electrons. The molecule has 1 aliphatic carbocycles. The summed E-state index contributed by atoms with van der Waals surface area (Å²) in [4.78, 5) is 14.4. The van der Waals surface area contributed by atoms with Gasteiger partial charge in [-0.1, -0.05) is 0 Å². The van der Waals surface area contributed by atoms with Crippen LogP contribution < -0.4 is 4.74 Å². The summed E-state index contributed by atoms with van der Waals surface area (Å²) in [6.07, 6.45) is 4.10. The van der Waals surface area contributed by atoms with E-state index >= 15 is 0 Å². The van der Waals surface area contributed by atoms with E-state index in [1.54, 1.807) is 0 Å². The standard InChI is InChI=1S/C10H11NO4/c12-6-4-8(15-7-2-1-3-7)9(10(13)14)11-5-6/h4-5,7,12H,1-3H2,(H,13,14). The van der Waals surface area contributed by atoms with Crippen molar-refractivity contribution in [3.05, 3.63) is 18.0 Å². The fraction of sp³-hybridized carbons (Fsp3) is 0.400. The van der Waals surface area contributed by atoms with Crippen LogP contribution in [0.5, 0.6) is 11.5 Å². The maximum Gasteiger partial charge on any atom is 0.358 e. The first kappa shape index (κ1) is 9.76. The van der Waals surface area contributed by atoms with Crippen LogP contribution in [0.1, 0.15) is 29.8 Å². The molecule has 1 aromatic heterocycles. The summed E-state index contributed by atoms with van der Waals surface area (Å²) in [6.45, 7) is 0. The van der Waals surface area contributed by atoms with Gasteiger partial charge in [0, 0.05) is 6.07 Å². The summed E-state index contributed by atoms with van der Waals surface area (Å²) in [5, 5.41) is 18.0. The summed E-state index contributed by atoms with van der Waals surface area (Å²) in [5.74, 6) is -1.09. The van der Waals surface area contributed by atoms with Gasteiger partial charge in [0.05, 0.1) is 12.3 Å². The molecule has 1 heterocycles. The van der Waals surface area contributed by atoms with E-state index in [2.05, 4.69) is 4.98 Å². The molecule has 0 aliphatic heterocycles. The van der Waals surface area contributed by atoms with Crippen molar-refractivity contribution in [3.8, 4) is 11.5 Å². The van der Waals surface area contributed by atoms with Crippen molar-refractivity contribution < 1.29 is 19.7 Å². The highest BCUT2D eigenvalue weighted by Gasteiger charge is 2.23. The van der Waals surface area contributed by atoms with Gasteiger partial charge in [0.2, 0.25) is 0 Å². The maximum atomic E-state index is 10.8. The van der Waals surface area contributed by atoms with Gasteiger partial charge >= 0.3 is 5.97 Å². The normalized spacial score (nSPS) is 15.7. The van der Waals surface area contributed by atoms with Crippen LogP contribution in [0.15, 0.2) is 12.3 Å². The minimum atomic E-state index is -1.15. The molecule has 0 saturated heterocycles. The molecule has 80 valence electrons. The van der Waals surface area contributed by atoms with Gasteiger partial charge in [-0.3, -0.25) is 0 Å². The molecular weight excluding hydrogens is 198 g/mol. The SMILES string of the molecule is O=C(O)c1ncc(O)cc1OC1CCC1. The van der Waals surface area contributed by atoms with Crippen LogP contribution in [-0.4, -0.2) is 27.3 Å². The second-order valence-corrected chi connectivity index (χ2v) is 3.52. The Morgan fingerprint density at radius 2 is 2.27 bits per heavy atom. The van der Waals surface area contributed by atoms with Gasteiger partial charge in [0.1, 0.15) is 5.75 Å². The Labute approximate surface area is 86.3 Å². The molecule has 1 aliphatic rings. The average molecular weight is 209 g/mol. The number of carboxylic acids is 1. The summed E-state index contributed by atoms with van der Waals surface area (Å²) < 4.78 is 5.42. The largest absolute Gasteiger partial charge is 0.506 e. The Kier molecular flexibility index (Phi) is 2.45. The number of aromatic hydroxyl groups is 1. The predicted octanol–water partition coefficient (Wildman–Crippen LogP) is 1.42. The Hall–Kier alpha value is -1.78. The third-order valence-electron chi connectivity index (χ3n) is 2.39.